The Hall–Kier alpha value is -3.33. The van der Waals surface area contributed by atoms with Crippen LogP contribution < -0.4 is 10.4 Å². The number of benzene rings is 1. The van der Waals surface area contributed by atoms with Crippen molar-refractivity contribution in [1.29, 1.82) is 0 Å². The van der Waals surface area contributed by atoms with Gasteiger partial charge in [0.25, 0.3) is 5.56 Å². The van der Waals surface area contributed by atoms with E-state index in [1.807, 2.05) is 23.1 Å². The van der Waals surface area contributed by atoms with E-state index >= 15 is 0 Å². The Balaban J connectivity index is 1.48. The topological polar surface area (TPSA) is 87.1 Å². The monoisotopic (exact) mass is 408 g/mol. The van der Waals surface area contributed by atoms with Crippen molar-refractivity contribution >= 4 is 28.3 Å². The fraction of sp³-hybridized carbons (Fsp3) is 0.250. The van der Waals surface area contributed by atoms with Crippen molar-refractivity contribution < 1.29 is 4.79 Å². The molecule has 0 bridgehead atoms. The number of thiazole rings is 1. The molecule has 0 atom stereocenters. The number of hydrogen-bond donors (Lipinski definition) is 0. The van der Waals surface area contributed by atoms with Crippen LogP contribution in [-0.4, -0.2) is 29.8 Å². The Morgan fingerprint density at radius 3 is 2.79 bits per heavy atom. The van der Waals surface area contributed by atoms with Crippen LogP contribution in [-0.2, 0) is 24.9 Å². The van der Waals surface area contributed by atoms with Crippen LogP contribution in [0.15, 0.2) is 58.2 Å². The predicted octanol–water partition coefficient (Wildman–Crippen LogP) is 1.87. The number of aromatic nitrogens is 5. The summed E-state index contributed by atoms with van der Waals surface area (Å²) in [4.78, 5) is 34.0. The smallest absolute Gasteiger partial charge is 0.264 e. The van der Waals surface area contributed by atoms with Gasteiger partial charge in [0.2, 0.25) is 5.91 Å². The molecule has 4 aromatic rings. The van der Waals surface area contributed by atoms with E-state index in [1.54, 1.807) is 11.7 Å². The molecule has 8 nitrogen and oxygen atoms in total. The van der Waals surface area contributed by atoms with E-state index < -0.39 is 0 Å². The van der Waals surface area contributed by atoms with Crippen LogP contribution in [0.4, 0.5) is 0 Å². The molecule has 3 aromatic heterocycles. The number of amides is 1. The van der Waals surface area contributed by atoms with E-state index in [1.165, 1.54) is 34.0 Å². The van der Waals surface area contributed by atoms with Crippen molar-refractivity contribution in [1.82, 2.24) is 23.9 Å². The van der Waals surface area contributed by atoms with Crippen molar-refractivity contribution in [2.75, 3.05) is 0 Å². The van der Waals surface area contributed by atoms with Gasteiger partial charge in [0.1, 0.15) is 5.39 Å². The first-order valence-corrected chi connectivity index (χ1v) is 10.0. The Labute approximate surface area is 170 Å². The zero-order valence-corrected chi connectivity index (χ0v) is 17.0. The van der Waals surface area contributed by atoms with Crippen LogP contribution in [0.5, 0.6) is 0 Å². The summed E-state index contributed by atoms with van der Waals surface area (Å²) in [5, 5.41) is 6.39. The van der Waals surface area contributed by atoms with Gasteiger partial charge in [-0.25, -0.2) is 4.98 Å². The summed E-state index contributed by atoms with van der Waals surface area (Å²) in [6.07, 6.45) is 4.98. The van der Waals surface area contributed by atoms with E-state index in [4.69, 9.17) is 0 Å². The van der Waals surface area contributed by atoms with Gasteiger partial charge in [-0.05, 0) is 12.5 Å². The van der Waals surface area contributed by atoms with Crippen molar-refractivity contribution in [3.8, 4) is 0 Å². The fourth-order valence-corrected chi connectivity index (χ4v) is 3.75. The minimum absolute atomic E-state index is 0.121. The molecule has 9 heteroatoms. The molecule has 4 rings (SSSR count). The maximum atomic E-state index is 12.5. The quantitative estimate of drug-likeness (QED) is 0.504. The number of aryl methyl sites for hydroxylation is 3. The molecular formula is C20H20N6O2S. The van der Waals surface area contributed by atoms with Gasteiger partial charge in [-0.15, -0.1) is 11.3 Å². The minimum Gasteiger partial charge on any atom is -0.319 e. The van der Waals surface area contributed by atoms with Gasteiger partial charge >= 0.3 is 0 Å². The summed E-state index contributed by atoms with van der Waals surface area (Å²) in [6.45, 7) is 2.92. The highest BCUT2D eigenvalue weighted by atomic mass is 32.1. The molecule has 1 aromatic carbocycles. The Bertz CT molecular complexity index is 1290. The highest BCUT2D eigenvalue weighted by Gasteiger charge is 2.09. The molecule has 0 unspecified atom stereocenters. The molecule has 0 radical (unpaired) electrons. The molecule has 0 fully saturated rings. The van der Waals surface area contributed by atoms with Crippen LogP contribution >= 0.6 is 11.3 Å². The van der Waals surface area contributed by atoms with Crippen LogP contribution in [0.3, 0.4) is 0 Å². The second kappa shape index (κ2) is 7.96. The summed E-state index contributed by atoms with van der Waals surface area (Å²) < 4.78 is 4.92. The lowest BCUT2D eigenvalue weighted by Gasteiger charge is -2.04. The van der Waals surface area contributed by atoms with E-state index in [-0.39, 0.29) is 24.4 Å². The third-order valence-corrected chi connectivity index (χ3v) is 5.43. The van der Waals surface area contributed by atoms with Crippen LogP contribution in [0.2, 0.25) is 0 Å². The van der Waals surface area contributed by atoms with E-state index in [0.717, 1.165) is 5.56 Å². The second-order valence-electron chi connectivity index (χ2n) is 6.80. The lowest BCUT2D eigenvalue weighted by atomic mass is 10.1. The van der Waals surface area contributed by atoms with Gasteiger partial charge in [0.05, 0.1) is 12.5 Å². The highest BCUT2D eigenvalue weighted by Crippen LogP contribution is 2.06. The first kappa shape index (κ1) is 19.0. The number of rotatable bonds is 5. The van der Waals surface area contributed by atoms with Crippen molar-refractivity contribution in [3.05, 3.63) is 74.6 Å². The van der Waals surface area contributed by atoms with Crippen LogP contribution in [0, 0.1) is 6.92 Å². The van der Waals surface area contributed by atoms with E-state index in [9.17, 15) is 9.59 Å². The number of carbonyl (C=O) groups excluding carboxylic acids is 1. The first-order chi connectivity index (χ1) is 14.0. The van der Waals surface area contributed by atoms with E-state index in [2.05, 4.69) is 39.3 Å². The molecular weight excluding hydrogens is 388 g/mol. The van der Waals surface area contributed by atoms with Gasteiger partial charge in [-0.1, -0.05) is 29.8 Å². The first-order valence-electron chi connectivity index (χ1n) is 9.15. The number of fused-ring (bicyclic) bond motifs is 1. The maximum absolute atomic E-state index is 12.5. The molecule has 0 N–H and O–H groups in total. The largest absolute Gasteiger partial charge is 0.319 e. The van der Waals surface area contributed by atoms with Crippen LogP contribution in [0.25, 0.3) is 11.0 Å². The van der Waals surface area contributed by atoms with E-state index in [0.29, 0.717) is 22.4 Å². The lowest BCUT2D eigenvalue weighted by Crippen LogP contribution is -2.22. The Morgan fingerprint density at radius 1 is 1.21 bits per heavy atom. The van der Waals surface area contributed by atoms with Crippen molar-refractivity contribution in [2.45, 2.75) is 26.4 Å². The Morgan fingerprint density at radius 2 is 2.00 bits per heavy atom. The summed E-state index contributed by atoms with van der Waals surface area (Å²) in [5.74, 6) is -0.275. The number of hydrogen-bond acceptors (Lipinski definition) is 5. The summed E-state index contributed by atoms with van der Waals surface area (Å²) in [6, 6.07) is 8.27. The van der Waals surface area contributed by atoms with Crippen molar-refractivity contribution in [3.63, 3.8) is 0 Å². The normalized spacial score (nSPS) is 12.0. The summed E-state index contributed by atoms with van der Waals surface area (Å²) in [7, 11) is 1.73. The van der Waals surface area contributed by atoms with Gasteiger partial charge in [-0.2, -0.15) is 10.1 Å². The molecule has 148 valence electrons. The molecule has 29 heavy (non-hydrogen) atoms. The highest BCUT2D eigenvalue weighted by molar-refractivity contribution is 7.07. The second-order valence-corrected chi connectivity index (χ2v) is 7.68. The number of nitrogens with zero attached hydrogens (tertiary/aromatic N) is 6. The zero-order valence-electron chi connectivity index (χ0n) is 16.1. The average Bonchev–Trinajstić information content (AvgIpc) is 3.30. The molecule has 0 aliphatic heterocycles. The lowest BCUT2D eigenvalue weighted by molar-refractivity contribution is -0.118. The van der Waals surface area contributed by atoms with Crippen molar-refractivity contribution in [2.24, 2.45) is 12.0 Å². The van der Waals surface area contributed by atoms with Gasteiger partial charge < -0.3 is 4.57 Å². The number of carbonyl (C=O) groups is 1. The third-order valence-electron chi connectivity index (χ3n) is 4.64. The molecule has 1 amide bonds. The van der Waals surface area contributed by atoms with Gasteiger partial charge in [0, 0.05) is 38.1 Å². The third kappa shape index (κ3) is 4.09. The molecule has 0 spiro atoms. The fourth-order valence-electron chi connectivity index (χ4n) is 3.00. The summed E-state index contributed by atoms with van der Waals surface area (Å²) >= 11 is 1.41. The standard InChI is InChI=1S/C20H20N6O2S/c1-14-3-5-15(6-4-14)12-25-9-10-29-20(25)23-17(27)7-8-26-13-21-18-16(19(26)28)11-22-24(18)2/h3-6,9-11,13H,7-8,12H2,1-2H3. The maximum Gasteiger partial charge on any atom is 0.264 e. The summed E-state index contributed by atoms with van der Waals surface area (Å²) in [5.41, 5.74) is 2.67. The molecule has 0 saturated carbocycles. The van der Waals surface area contributed by atoms with Crippen LogP contribution in [0.1, 0.15) is 17.5 Å². The molecule has 0 saturated heterocycles. The van der Waals surface area contributed by atoms with Gasteiger partial charge in [-0.3, -0.25) is 18.8 Å². The predicted molar refractivity (Wildman–Crippen MR) is 111 cm³/mol. The zero-order chi connectivity index (χ0) is 20.4. The SMILES string of the molecule is Cc1ccc(Cn2ccsc2=NC(=O)CCn2cnc3c(cnn3C)c2=O)cc1. The minimum atomic E-state index is -0.275. The average molecular weight is 408 g/mol. The molecule has 0 aliphatic rings. The molecule has 3 heterocycles. The Kier molecular flexibility index (Phi) is 5.22. The molecule has 0 aliphatic carbocycles. The van der Waals surface area contributed by atoms with Gasteiger partial charge in [0.15, 0.2) is 10.4 Å².